The predicted molar refractivity (Wildman–Crippen MR) is 91.7 cm³/mol. The van der Waals surface area contributed by atoms with Gasteiger partial charge in [-0.05, 0) is 37.0 Å². The molecule has 2 fully saturated rings. The molecule has 0 saturated carbocycles. The Morgan fingerprint density at radius 3 is 2.71 bits per heavy atom. The standard InChI is InChI=1S/C18H24N4O2/c19-13-16-2-1-3-17(12-16)20-18(23)22-6-4-15(5-7-22)14-21-8-10-24-11-9-21/h1-3,12,15H,4-11,14H2,(H,20,23). The number of anilines is 1. The molecule has 2 amide bonds. The average molecular weight is 328 g/mol. The van der Waals surface area contributed by atoms with Gasteiger partial charge in [-0.25, -0.2) is 4.79 Å². The molecule has 6 nitrogen and oxygen atoms in total. The van der Waals surface area contributed by atoms with Gasteiger partial charge in [0, 0.05) is 38.4 Å². The normalized spacial score (nSPS) is 19.7. The quantitative estimate of drug-likeness (QED) is 0.923. The zero-order valence-corrected chi connectivity index (χ0v) is 13.9. The van der Waals surface area contributed by atoms with E-state index in [0.29, 0.717) is 17.2 Å². The van der Waals surface area contributed by atoms with Crippen molar-refractivity contribution in [2.45, 2.75) is 12.8 Å². The fourth-order valence-electron chi connectivity index (χ4n) is 3.34. The minimum Gasteiger partial charge on any atom is -0.379 e. The second-order valence-corrected chi connectivity index (χ2v) is 6.47. The van der Waals surface area contributed by atoms with Crippen molar-refractivity contribution in [2.75, 3.05) is 51.3 Å². The summed E-state index contributed by atoms with van der Waals surface area (Å²) in [6, 6.07) is 9.03. The van der Waals surface area contributed by atoms with E-state index in [1.165, 1.54) is 0 Å². The van der Waals surface area contributed by atoms with Crippen molar-refractivity contribution in [1.82, 2.24) is 9.80 Å². The number of nitrogens with one attached hydrogen (secondary N) is 1. The molecule has 0 aliphatic carbocycles. The van der Waals surface area contributed by atoms with Crippen molar-refractivity contribution in [2.24, 2.45) is 5.92 Å². The predicted octanol–water partition coefficient (Wildman–Crippen LogP) is 2.13. The molecule has 2 saturated heterocycles. The Morgan fingerprint density at radius 2 is 2.00 bits per heavy atom. The molecule has 2 heterocycles. The van der Waals surface area contributed by atoms with Gasteiger partial charge in [-0.15, -0.1) is 0 Å². The lowest BCUT2D eigenvalue weighted by molar-refractivity contribution is 0.0260. The molecular formula is C18H24N4O2. The third-order valence-corrected chi connectivity index (χ3v) is 4.76. The SMILES string of the molecule is N#Cc1cccc(NC(=O)N2CCC(CN3CCOCC3)CC2)c1. The number of likely N-dealkylation sites (tertiary alicyclic amines) is 1. The first-order valence-corrected chi connectivity index (χ1v) is 8.61. The van der Waals surface area contributed by atoms with Gasteiger partial charge in [-0.1, -0.05) is 6.07 Å². The minimum absolute atomic E-state index is 0.0742. The summed E-state index contributed by atoms with van der Waals surface area (Å²) < 4.78 is 5.39. The number of nitrogens with zero attached hydrogens (tertiary/aromatic N) is 3. The summed E-state index contributed by atoms with van der Waals surface area (Å²) in [5, 5.41) is 11.8. The molecule has 128 valence electrons. The summed E-state index contributed by atoms with van der Waals surface area (Å²) in [6.45, 7) is 6.42. The molecule has 24 heavy (non-hydrogen) atoms. The zero-order chi connectivity index (χ0) is 16.8. The van der Waals surface area contributed by atoms with Crippen LogP contribution in [0.1, 0.15) is 18.4 Å². The summed E-state index contributed by atoms with van der Waals surface area (Å²) in [4.78, 5) is 16.7. The second kappa shape index (κ2) is 8.13. The third kappa shape index (κ3) is 4.47. The molecule has 1 N–H and O–H groups in total. The number of carbonyl (C=O) groups is 1. The molecule has 6 heteroatoms. The van der Waals surface area contributed by atoms with Crippen molar-refractivity contribution in [3.63, 3.8) is 0 Å². The number of nitriles is 1. The first-order valence-electron chi connectivity index (χ1n) is 8.61. The highest BCUT2D eigenvalue weighted by Crippen LogP contribution is 2.20. The van der Waals surface area contributed by atoms with Crippen molar-refractivity contribution in [1.29, 1.82) is 5.26 Å². The van der Waals surface area contributed by atoms with Gasteiger partial charge >= 0.3 is 6.03 Å². The van der Waals surface area contributed by atoms with Crippen LogP contribution in [0.5, 0.6) is 0 Å². The third-order valence-electron chi connectivity index (χ3n) is 4.76. The molecular weight excluding hydrogens is 304 g/mol. The Morgan fingerprint density at radius 1 is 1.25 bits per heavy atom. The van der Waals surface area contributed by atoms with Crippen LogP contribution in [0.2, 0.25) is 0 Å². The summed E-state index contributed by atoms with van der Waals surface area (Å²) in [5.74, 6) is 0.661. The van der Waals surface area contributed by atoms with E-state index in [1.54, 1.807) is 18.2 Å². The highest BCUT2D eigenvalue weighted by atomic mass is 16.5. The molecule has 0 aromatic heterocycles. The zero-order valence-electron chi connectivity index (χ0n) is 13.9. The van der Waals surface area contributed by atoms with Gasteiger partial charge in [0.15, 0.2) is 0 Å². The van der Waals surface area contributed by atoms with E-state index in [9.17, 15) is 4.79 Å². The van der Waals surface area contributed by atoms with E-state index in [1.807, 2.05) is 11.0 Å². The molecule has 0 atom stereocenters. The molecule has 2 aliphatic heterocycles. The Kier molecular flexibility index (Phi) is 5.68. The lowest BCUT2D eigenvalue weighted by Gasteiger charge is -2.36. The second-order valence-electron chi connectivity index (χ2n) is 6.47. The molecule has 0 unspecified atom stereocenters. The summed E-state index contributed by atoms with van der Waals surface area (Å²) in [7, 11) is 0. The Hall–Kier alpha value is -2.10. The first kappa shape index (κ1) is 16.7. The van der Waals surface area contributed by atoms with Crippen LogP contribution >= 0.6 is 0 Å². The summed E-state index contributed by atoms with van der Waals surface area (Å²) >= 11 is 0. The summed E-state index contributed by atoms with van der Waals surface area (Å²) in [5.41, 5.74) is 1.23. The van der Waals surface area contributed by atoms with Gasteiger partial charge in [-0.3, -0.25) is 4.90 Å². The monoisotopic (exact) mass is 328 g/mol. The van der Waals surface area contributed by atoms with E-state index < -0.39 is 0 Å². The van der Waals surface area contributed by atoms with Gasteiger partial charge in [0.2, 0.25) is 0 Å². The van der Waals surface area contributed by atoms with Gasteiger partial charge in [-0.2, -0.15) is 5.26 Å². The fraction of sp³-hybridized carbons (Fsp3) is 0.556. The number of hydrogen-bond acceptors (Lipinski definition) is 4. The van der Waals surface area contributed by atoms with Crippen LogP contribution in [-0.4, -0.2) is 61.8 Å². The number of amides is 2. The molecule has 0 spiro atoms. The maximum atomic E-state index is 12.4. The molecule has 1 aromatic rings. The maximum Gasteiger partial charge on any atom is 0.321 e. The number of piperidine rings is 1. The van der Waals surface area contributed by atoms with Crippen molar-refractivity contribution < 1.29 is 9.53 Å². The van der Waals surface area contributed by atoms with Gasteiger partial charge in [0.05, 0.1) is 24.8 Å². The number of rotatable bonds is 3. The highest BCUT2D eigenvalue weighted by Gasteiger charge is 2.25. The number of carbonyl (C=O) groups excluding carboxylic acids is 1. The Bertz CT molecular complexity index is 599. The van der Waals surface area contributed by atoms with E-state index in [2.05, 4.69) is 16.3 Å². The van der Waals surface area contributed by atoms with Crippen LogP contribution in [0.25, 0.3) is 0 Å². The maximum absolute atomic E-state index is 12.4. The summed E-state index contributed by atoms with van der Waals surface area (Å²) in [6.07, 6.45) is 2.09. The number of ether oxygens (including phenoxy) is 1. The van der Waals surface area contributed by atoms with Crippen LogP contribution < -0.4 is 5.32 Å². The number of benzene rings is 1. The Labute approximate surface area is 143 Å². The lowest BCUT2D eigenvalue weighted by atomic mass is 9.96. The smallest absolute Gasteiger partial charge is 0.321 e. The van der Waals surface area contributed by atoms with Crippen LogP contribution in [0.3, 0.4) is 0 Å². The van der Waals surface area contributed by atoms with Crippen LogP contribution in [0, 0.1) is 17.2 Å². The number of urea groups is 1. The van der Waals surface area contributed by atoms with E-state index in [-0.39, 0.29) is 6.03 Å². The lowest BCUT2D eigenvalue weighted by Crippen LogP contribution is -2.45. The molecule has 0 radical (unpaired) electrons. The van der Waals surface area contributed by atoms with Gasteiger partial charge in [0.1, 0.15) is 0 Å². The number of morpholine rings is 1. The average Bonchev–Trinajstić information content (AvgIpc) is 2.63. The van der Waals surface area contributed by atoms with Crippen LogP contribution in [-0.2, 0) is 4.74 Å². The molecule has 0 bridgehead atoms. The van der Waals surface area contributed by atoms with E-state index in [4.69, 9.17) is 10.00 Å². The highest BCUT2D eigenvalue weighted by molar-refractivity contribution is 5.89. The van der Waals surface area contributed by atoms with Crippen molar-refractivity contribution in [3.05, 3.63) is 29.8 Å². The molecule has 1 aromatic carbocycles. The van der Waals surface area contributed by atoms with E-state index >= 15 is 0 Å². The van der Waals surface area contributed by atoms with E-state index in [0.717, 1.165) is 58.8 Å². The first-order chi connectivity index (χ1) is 11.7. The molecule has 2 aliphatic rings. The Balaban J connectivity index is 1.45. The van der Waals surface area contributed by atoms with Crippen molar-refractivity contribution >= 4 is 11.7 Å². The van der Waals surface area contributed by atoms with Crippen LogP contribution in [0.15, 0.2) is 24.3 Å². The minimum atomic E-state index is -0.0742. The molecule has 3 rings (SSSR count). The largest absolute Gasteiger partial charge is 0.379 e. The number of hydrogen-bond donors (Lipinski definition) is 1. The van der Waals surface area contributed by atoms with Crippen molar-refractivity contribution in [3.8, 4) is 6.07 Å². The van der Waals surface area contributed by atoms with Crippen LogP contribution in [0.4, 0.5) is 10.5 Å². The topological polar surface area (TPSA) is 68.6 Å². The fourth-order valence-corrected chi connectivity index (χ4v) is 3.34. The van der Waals surface area contributed by atoms with Gasteiger partial charge in [0.25, 0.3) is 0 Å². The van der Waals surface area contributed by atoms with Gasteiger partial charge < -0.3 is 15.0 Å².